The average molecular weight is 418 g/mol. The van der Waals surface area contributed by atoms with E-state index in [2.05, 4.69) is 31.9 Å². The first kappa shape index (κ1) is 16.3. The Morgan fingerprint density at radius 1 is 1.14 bits per heavy atom. The SMILES string of the molecule is CCOc1cccc(CBr)c1OCc1cc(F)cc(Br)c1. The third-order valence-electron chi connectivity index (χ3n) is 2.81. The molecule has 2 aromatic carbocycles. The average Bonchev–Trinajstić information content (AvgIpc) is 2.45. The molecule has 0 aliphatic rings. The summed E-state index contributed by atoms with van der Waals surface area (Å²) in [6, 6.07) is 10.5. The van der Waals surface area contributed by atoms with Gasteiger partial charge in [-0.3, -0.25) is 0 Å². The van der Waals surface area contributed by atoms with Crippen LogP contribution in [0.25, 0.3) is 0 Å². The summed E-state index contributed by atoms with van der Waals surface area (Å²) < 4.78 is 25.5. The maximum absolute atomic E-state index is 13.4. The number of rotatable bonds is 6. The summed E-state index contributed by atoms with van der Waals surface area (Å²) in [6.45, 7) is 2.77. The molecule has 0 aromatic heterocycles. The summed E-state index contributed by atoms with van der Waals surface area (Å²) in [6.07, 6.45) is 0. The third-order valence-corrected chi connectivity index (χ3v) is 3.87. The van der Waals surface area contributed by atoms with Crippen molar-refractivity contribution in [1.82, 2.24) is 0 Å². The molecule has 0 bridgehead atoms. The lowest BCUT2D eigenvalue weighted by molar-refractivity contribution is 0.267. The minimum absolute atomic E-state index is 0.278. The fraction of sp³-hybridized carbons (Fsp3) is 0.250. The van der Waals surface area contributed by atoms with Crippen molar-refractivity contribution in [1.29, 1.82) is 0 Å². The maximum Gasteiger partial charge on any atom is 0.165 e. The molecule has 0 atom stereocenters. The van der Waals surface area contributed by atoms with Crippen molar-refractivity contribution in [2.75, 3.05) is 6.61 Å². The minimum Gasteiger partial charge on any atom is -0.490 e. The topological polar surface area (TPSA) is 18.5 Å². The molecule has 0 N–H and O–H groups in total. The molecule has 0 spiro atoms. The van der Waals surface area contributed by atoms with Crippen molar-refractivity contribution in [2.45, 2.75) is 18.9 Å². The highest BCUT2D eigenvalue weighted by atomic mass is 79.9. The predicted molar refractivity (Wildman–Crippen MR) is 88.7 cm³/mol. The van der Waals surface area contributed by atoms with Crippen molar-refractivity contribution in [2.24, 2.45) is 0 Å². The van der Waals surface area contributed by atoms with Gasteiger partial charge in [0.25, 0.3) is 0 Å². The molecule has 0 unspecified atom stereocenters. The fourth-order valence-corrected chi connectivity index (χ4v) is 2.90. The molecule has 112 valence electrons. The van der Waals surface area contributed by atoms with Crippen molar-refractivity contribution < 1.29 is 13.9 Å². The van der Waals surface area contributed by atoms with Crippen LogP contribution >= 0.6 is 31.9 Å². The van der Waals surface area contributed by atoms with Gasteiger partial charge < -0.3 is 9.47 Å². The van der Waals surface area contributed by atoms with Crippen molar-refractivity contribution >= 4 is 31.9 Å². The normalized spacial score (nSPS) is 10.5. The smallest absolute Gasteiger partial charge is 0.165 e. The van der Waals surface area contributed by atoms with E-state index < -0.39 is 0 Å². The predicted octanol–water partition coefficient (Wildman–Crippen LogP) is 5.46. The van der Waals surface area contributed by atoms with Crippen molar-refractivity contribution in [3.63, 3.8) is 0 Å². The van der Waals surface area contributed by atoms with Gasteiger partial charge in [-0.15, -0.1) is 0 Å². The van der Waals surface area contributed by atoms with Crippen LogP contribution in [0.5, 0.6) is 11.5 Å². The van der Waals surface area contributed by atoms with Gasteiger partial charge in [-0.2, -0.15) is 0 Å². The van der Waals surface area contributed by atoms with E-state index in [0.717, 1.165) is 11.1 Å². The zero-order chi connectivity index (χ0) is 15.2. The quantitative estimate of drug-likeness (QED) is 0.581. The highest BCUT2D eigenvalue weighted by molar-refractivity contribution is 9.10. The number of halogens is 3. The number of benzene rings is 2. The number of ether oxygens (including phenoxy) is 2. The van der Waals surface area contributed by atoms with E-state index in [9.17, 15) is 4.39 Å². The number of hydrogen-bond acceptors (Lipinski definition) is 2. The lowest BCUT2D eigenvalue weighted by Gasteiger charge is -2.15. The Hall–Kier alpha value is -1.07. The van der Waals surface area contributed by atoms with Gasteiger partial charge in [0.2, 0.25) is 0 Å². The summed E-state index contributed by atoms with van der Waals surface area (Å²) in [5.41, 5.74) is 1.75. The molecule has 2 rings (SSSR count). The van der Waals surface area contributed by atoms with E-state index in [0.29, 0.717) is 27.9 Å². The minimum atomic E-state index is -0.290. The van der Waals surface area contributed by atoms with E-state index >= 15 is 0 Å². The van der Waals surface area contributed by atoms with E-state index in [4.69, 9.17) is 9.47 Å². The molecule has 0 saturated heterocycles. The molecule has 0 fully saturated rings. The highest BCUT2D eigenvalue weighted by Crippen LogP contribution is 2.33. The van der Waals surface area contributed by atoms with Crippen LogP contribution in [0.15, 0.2) is 40.9 Å². The van der Waals surface area contributed by atoms with Gasteiger partial charge in [0, 0.05) is 15.4 Å². The van der Waals surface area contributed by atoms with Gasteiger partial charge in [0.15, 0.2) is 11.5 Å². The monoisotopic (exact) mass is 416 g/mol. The second kappa shape index (κ2) is 7.80. The highest BCUT2D eigenvalue weighted by Gasteiger charge is 2.11. The Morgan fingerprint density at radius 3 is 2.62 bits per heavy atom. The van der Waals surface area contributed by atoms with Gasteiger partial charge >= 0.3 is 0 Å². The number of para-hydroxylation sites is 1. The Labute approximate surface area is 140 Å². The molecule has 2 nitrogen and oxygen atoms in total. The summed E-state index contributed by atoms with van der Waals surface area (Å²) >= 11 is 6.72. The van der Waals surface area contributed by atoms with Crippen LogP contribution < -0.4 is 9.47 Å². The number of hydrogen-bond donors (Lipinski definition) is 0. The lowest BCUT2D eigenvalue weighted by atomic mass is 10.2. The number of alkyl halides is 1. The fourth-order valence-electron chi connectivity index (χ4n) is 1.95. The maximum atomic E-state index is 13.4. The van der Waals surface area contributed by atoms with E-state index in [-0.39, 0.29) is 12.4 Å². The standard InChI is InChI=1S/C16H15Br2FO2/c1-2-20-15-5-3-4-12(9-17)16(15)21-10-11-6-13(18)8-14(19)7-11/h3-8H,2,9-10H2,1H3. The summed E-state index contributed by atoms with van der Waals surface area (Å²) in [4.78, 5) is 0. The summed E-state index contributed by atoms with van der Waals surface area (Å²) in [5, 5.41) is 0.663. The van der Waals surface area contributed by atoms with Crippen molar-refractivity contribution in [3.05, 3.63) is 57.8 Å². The first-order valence-electron chi connectivity index (χ1n) is 6.52. The molecule has 0 amide bonds. The Kier molecular flexibility index (Phi) is 6.06. The summed E-state index contributed by atoms with van der Waals surface area (Å²) in [5.74, 6) is 1.10. The van der Waals surface area contributed by atoms with Crippen LogP contribution in [0, 0.1) is 5.82 Å². The van der Waals surface area contributed by atoms with E-state index in [1.807, 2.05) is 31.2 Å². The molecule has 0 saturated carbocycles. The van der Waals surface area contributed by atoms with Crippen LogP contribution in [0.1, 0.15) is 18.1 Å². The van der Waals surface area contributed by atoms with Crippen molar-refractivity contribution in [3.8, 4) is 11.5 Å². The van der Waals surface area contributed by atoms with E-state index in [1.165, 1.54) is 12.1 Å². The first-order valence-corrected chi connectivity index (χ1v) is 8.44. The largest absolute Gasteiger partial charge is 0.490 e. The van der Waals surface area contributed by atoms with E-state index in [1.54, 1.807) is 0 Å². The molecular formula is C16H15Br2FO2. The van der Waals surface area contributed by atoms with Gasteiger partial charge in [-0.25, -0.2) is 4.39 Å². The summed E-state index contributed by atoms with van der Waals surface area (Å²) in [7, 11) is 0. The van der Waals surface area contributed by atoms with Crippen LogP contribution in [0.3, 0.4) is 0 Å². The van der Waals surface area contributed by atoms with Crippen LogP contribution in [0.4, 0.5) is 4.39 Å². The molecule has 0 aliphatic heterocycles. The van der Waals surface area contributed by atoms with Gasteiger partial charge in [0.05, 0.1) is 6.61 Å². The van der Waals surface area contributed by atoms with Gasteiger partial charge in [-0.1, -0.05) is 44.0 Å². The Bertz CT molecular complexity index is 597. The molecule has 5 heteroatoms. The Balaban J connectivity index is 2.22. The second-order valence-electron chi connectivity index (χ2n) is 4.38. The Morgan fingerprint density at radius 2 is 1.95 bits per heavy atom. The molecular weight excluding hydrogens is 403 g/mol. The molecule has 2 aromatic rings. The molecule has 0 heterocycles. The molecule has 0 radical (unpaired) electrons. The zero-order valence-corrected chi connectivity index (χ0v) is 14.7. The van der Waals surface area contributed by atoms with Gasteiger partial charge in [0.1, 0.15) is 12.4 Å². The third kappa shape index (κ3) is 4.45. The zero-order valence-electron chi connectivity index (χ0n) is 11.5. The second-order valence-corrected chi connectivity index (χ2v) is 5.85. The first-order chi connectivity index (χ1) is 10.1. The lowest BCUT2D eigenvalue weighted by Crippen LogP contribution is -2.02. The molecule has 21 heavy (non-hydrogen) atoms. The van der Waals surface area contributed by atoms with Crippen LogP contribution in [-0.2, 0) is 11.9 Å². The molecule has 0 aliphatic carbocycles. The van der Waals surface area contributed by atoms with Crippen LogP contribution in [0.2, 0.25) is 0 Å². The van der Waals surface area contributed by atoms with Gasteiger partial charge in [-0.05, 0) is 36.8 Å². The van der Waals surface area contributed by atoms with Crippen LogP contribution in [-0.4, -0.2) is 6.61 Å².